The molecule has 108 valence electrons. The molecule has 0 radical (unpaired) electrons. The van der Waals surface area contributed by atoms with E-state index >= 15 is 0 Å². The van der Waals surface area contributed by atoms with E-state index in [1.807, 2.05) is 0 Å². The Labute approximate surface area is 127 Å². The van der Waals surface area contributed by atoms with Gasteiger partial charge in [0.05, 0.1) is 11.1 Å². The van der Waals surface area contributed by atoms with Crippen LogP contribution in [0.25, 0.3) is 0 Å². The second-order valence-electron chi connectivity index (χ2n) is 3.94. The third kappa shape index (κ3) is 3.20. The molecule has 2 aromatic rings. The minimum atomic E-state index is -0.553. The number of aromatic amines is 1. The zero-order chi connectivity index (χ0) is 15.6. The van der Waals surface area contributed by atoms with Gasteiger partial charge in [0.1, 0.15) is 5.69 Å². The molecule has 0 aliphatic carbocycles. The van der Waals surface area contributed by atoms with Crippen molar-refractivity contribution in [2.45, 2.75) is 6.92 Å². The summed E-state index contributed by atoms with van der Waals surface area (Å²) in [6.45, 7) is 1.50. The normalized spacial score (nSPS) is 11.0. The van der Waals surface area contributed by atoms with Crippen LogP contribution in [0.5, 0.6) is 0 Å². The molecule has 10 heteroatoms. The third-order valence-corrected chi connectivity index (χ3v) is 3.12. The van der Waals surface area contributed by atoms with Crippen LogP contribution in [0.4, 0.5) is 5.69 Å². The van der Waals surface area contributed by atoms with Crippen molar-refractivity contribution in [3.05, 3.63) is 59.7 Å². The van der Waals surface area contributed by atoms with Gasteiger partial charge in [-0.3, -0.25) is 20.0 Å². The number of benzene rings is 1. The molecule has 1 aromatic heterocycles. The van der Waals surface area contributed by atoms with Crippen molar-refractivity contribution in [2.24, 2.45) is 5.10 Å². The highest BCUT2D eigenvalue weighted by atomic mass is 35.5. The molecule has 0 spiro atoms. The molecule has 0 aliphatic heterocycles. The van der Waals surface area contributed by atoms with E-state index in [0.717, 1.165) is 4.68 Å². The molecule has 0 atom stereocenters. The standard InChI is InChI=1S/C11H8ClN5O3S/c1-6-10(18)16(11(21)15-14-6)13-5-7-4-8(17(19)20)2-3-9(7)12/h2-5H,1H3,(H,15,21). The third-order valence-electron chi connectivity index (χ3n) is 2.52. The number of nitrogens with zero attached hydrogens (tertiary/aromatic N) is 4. The van der Waals surface area contributed by atoms with Gasteiger partial charge in [0.15, 0.2) is 0 Å². The Bertz CT molecular complexity index is 858. The number of hydrogen-bond acceptors (Lipinski definition) is 6. The van der Waals surface area contributed by atoms with Crippen LogP contribution in [0.2, 0.25) is 5.02 Å². The van der Waals surface area contributed by atoms with Crippen LogP contribution in [0.15, 0.2) is 28.1 Å². The molecule has 0 saturated heterocycles. The quantitative estimate of drug-likeness (QED) is 0.402. The molecule has 0 amide bonds. The molecule has 0 fully saturated rings. The first-order valence-electron chi connectivity index (χ1n) is 5.57. The van der Waals surface area contributed by atoms with Gasteiger partial charge in [0, 0.05) is 22.7 Å². The lowest BCUT2D eigenvalue weighted by molar-refractivity contribution is -0.384. The Kier molecular flexibility index (Phi) is 4.24. The Morgan fingerprint density at radius 3 is 2.95 bits per heavy atom. The summed E-state index contributed by atoms with van der Waals surface area (Å²) in [5.41, 5.74) is -0.145. The lowest BCUT2D eigenvalue weighted by Crippen LogP contribution is -2.22. The summed E-state index contributed by atoms with van der Waals surface area (Å²) in [5, 5.41) is 21.0. The number of non-ortho nitro benzene ring substituents is 1. The first-order chi connectivity index (χ1) is 9.90. The number of aromatic nitrogens is 3. The largest absolute Gasteiger partial charge is 0.296 e. The summed E-state index contributed by atoms with van der Waals surface area (Å²) in [6.07, 6.45) is 1.22. The zero-order valence-electron chi connectivity index (χ0n) is 10.6. The van der Waals surface area contributed by atoms with Crippen LogP contribution >= 0.6 is 23.8 Å². The molecule has 0 unspecified atom stereocenters. The van der Waals surface area contributed by atoms with Gasteiger partial charge in [-0.1, -0.05) is 11.6 Å². The maximum Gasteiger partial charge on any atom is 0.296 e. The molecule has 1 N–H and O–H groups in total. The van der Waals surface area contributed by atoms with E-state index in [0.29, 0.717) is 5.56 Å². The Hall–Kier alpha value is -2.39. The molecule has 2 rings (SSSR count). The van der Waals surface area contributed by atoms with Crippen LogP contribution in [0.3, 0.4) is 0 Å². The van der Waals surface area contributed by atoms with E-state index in [9.17, 15) is 14.9 Å². The maximum atomic E-state index is 11.8. The van der Waals surface area contributed by atoms with Crippen LogP contribution in [-0.4, -0.2) is 26.0 Å². The Balaban J connectivity index is 2.50. The van der Waals surface area contributed by atoms with Crippen LogP contribution in [-0.2, 0) is 0 Å². The van der Waals surface area contributed by atoms with Gasteiger partial charge in [0.2, 0.25) is 4.77 Å². The summed E-state index contributed by atoms with van der Waals surface area (Å²) < 4.78 is 0.927. The predicted octanol–water partition coefficient (Wildman–Crippen LogP) is 2.05. The molecule has 0 aliphatic rings. The first kappa shape index (κ1) is 15.0. The summed E-state index contributed by atoms with van der Waals surface area (Å²) in [4.78, 5) is 22.0. The minimum Gasteiger partial charge on any atom is -0.265 e. The summed E-state index contributed by atoms with van der Waals surface area (Å²) in [5.74, 6) is 0. The van der Waals surface area contributed by atoms with Crippen molar-refractivity contribution in [1.82, 2.24) is 14.9 Å². The van der Waals surface area contributed by atoms with E-state index in [1.165, 1.54) is 31.3 Å². The number of nitro groups is 1. The number of nitrogens with one attached hydrogen (secondary N) is 1. The van der Waals surface area contributed by atoms with Gasteiger partial charge in [-0.05, 0) is 25.2 Å². The highest BCUT2D eigenvalue weighted by molar-refractivity contribution is 7.71. The van der Waals surface area contributed by atoms with Crippen LogP contribution in [0, 0.1) is 21.8 Å². The van der Waals surface area contributed by atoms with Gasteiger partial charge in [-0.25, -0.2) is 0 Å². The van der Waals surface area contributed by atoms with Crippen molar-refractivity contribution in [3.63, 3.8) is 0 Å². The van der Waals surface area contributed by atoms with E-state index < -0.39 is 10.5 Å². The molecular formula is C11H8ClN5O3S. The summed E-state index contributed by atoms with van der Waals surface area (Å²) >= 11 is 10.8. The molecule has 1 aromatic carbocycles. The highest BCUT2D eigenvalue weighted by Crippen LogP contribution is 2.20. The summed E-state index contributed by atoms with van der Waals surface area (Å²) in [6, 6.07) is 3.90. The number of rotatable bonds is 3. The lowest BCUT2D eigenvalue weighted by Gasteiger charge is -2.00. The molecule has 0 saturated carbocycles. The van der Waals surface area contributed by atoms with Crippen molar-refractivity contribution in [3.8, 4) is 0 Å². The van der Waals surface area contributed by atoms with Crippen molar-refractivity contribution in [2.75, 3.05) is 0 Å². The fraction of sp³-hybridized carbons (Fsp3) is 0.0909. The van der Waals surface area contributed by atoms with Gasteiger partial charge in [-0.15, -0.1) is 0 Å². The van der Waals surface area contributed by atoms with Gasteiger partial charge in [-0.2, -0.15) is 14.9 Å². The molecule has 0 bridgehead atoms. The average molecular weight is 326 g/mol. The van der Waals surface area contributed by atoms with Crippen LogP contribution < -0.4 is 5.56 Å². The van der Waals surface area contributed by atoms with E-state index in [4.69, 9.17) is 23.8 Å². The molecule has 21 heavy (non-hydrogen) atoms. The average Bonchev–Trinajstić information content (AvgIpc) is 2.44. The number of hydrogen-bond donors (Lipinski definition) is 1. The first-order valence-corrected chi connectivity index (χ1v) is 6.35. The summed E-state index contributed by atoms with van der Waals surface area (Å²) in [7, 11) is 0. The highest BCUT2D eigenvalue weighted by Gasteiger charge is 2.08. The zero-order valence-corrected chi connectivity index (χ0v) is 12.2. The van der Waals surface area contributed by atoms with Gasteiger partial charge >= 0.3 is 0 Å². The lowest BCUT2D eigenvalue weighted by atomic mass is 10.2. The monoisotopic (exact) mass is 325 g/mol. The van der Waals surface area contributed by atoms with E-state index in [-0.39, 0.29) is 21.2 Å². The molecule has 8 nitrogen and oxygen atoms in total. The molecule has 1 heterocycles. The number of nitro benzene ring substituents is 1. The van der Waals surface area contributed by atoms with Crippen LogP contribution in [0.1, 0.15) is 11.3 Å². The number of H-pyrrole nitrogens is 1. The van der Waals surface area contributed by atoms with Crippen molar-refractivity contribution >= 4 is 35.7 Å². The number of aryl methyl sites for hydroxylation is 1. The SMILES string of the molecule is Cc1n[nH]c(=S)n(N=Cc2cc([N+](=O)[O-])ccc2Cl)c1=O. The second kappa shape index (κ2) is 5.94. The molecular weight excluding hydrogens is 318 g/mol. The number of halogens is 1. The Morgan fingerprint density at radius 2 is 2.29 bits per heavy atom. The van der Waals surface area contributed by atoms with E-state index in [2.05, 4.69) is 15.3 Å². The fourth-order valence-electron chi connectivity index (χ4n) is 1.44. The van der Waals surface area contributed by atoms with Gasteiger partial charge in [0.25, 0.3) is 11.2 Å². The minimum absolute atomic E-state index is 0.00315. The van der Waals surface area contributed by atoms with Crippen molar-refractivity contribution < 1.29 is 4.92 Å². The second-order valence-corrected chi connectivity index (χ2v) is 4.73. The maximum absolute atomic E-state index is 11.8. The fourth-order valence-corrected chi connectivity index (χ4v) is 1.78. The van der Waals surface area contributed by atoms with E-state index in [1.54, 1.807) is 0 Å². The Morgan fingerprint density at radius 1 is 1.57 bits per heavy atom. The van der Waals surface area contributed by atoms with Crippen molar-refractivity contribution in [1.29, 1.82) is 0 Å². The van der Waals surface area contributed by atoms with Gasteiger partial charge < -0.3 is 0 Å². The topological polar surface area (TPSA) is 106 Å². The smallest absolute Gasteiger partial charge is 0.265 e. The predicted molar refractivity (Wildman–Crippen MR) is 79.5 cm³/mol.